The van der Waals surface area contributed by atoms with Crippen molar-refractivity contribution in [2.24, 2.45) is 0 Å². The molecule has 0 radical (unpaired) electrons. The van der Waals surface area contributed by atoms with Crippen molar-refractivity contribution in [2.75, 3.05) is 13.1 Å². The molecule has 15 heavy (non-hydrogen) atoms. The average Bonchev–Trinajstić information content (AvgIpc) is 2.30. The molecule has 1 fully saturated rings. The second-order valence-electron chi connectivity index (χ2n) is 4.32. The van der Waals surface area contributed by atoms with Crippen molar-refractivity contribution in [3.05, 3.63) is 29.6 Å². The Bertz CT molecular complexity index is 322. The van der Waals surface area contributed by atoms with Gasteiger partial charge in [-0.25, -0.2) is 0 Å². The molecule has 0 spiro atoms. The third-order valence-electron chi connectivity index (χ3n) is 3.43. The van der Waals surface area contributed by atoms with E-state index in [0.29, 0.717) is 6.04 Å². The molecule has 2 rings (SSSR count). The maximum atomic E-state index is 4.40. The molecule has 2 heterocycles. The zero-order valence-electron chi connectivity index (χ0n) is 9.74. The average molecular weight is 204 g/mol. The first-order valence-corrected chi connectivity index (χ1v) is 5.98. The normalized spacial score (nSPS) is 22.9. The molecule has 1 aliphatic rings. The van der Waals surface area contributed by atoms with Crippen molar-refractivity contribution in [2.45, 2.75) is 39.2 Å². The highest BCUT2D eigenvalue weighted by Crippen LogP contribution is 2.31. The SMILES string of the molecule is CCN1CCCCC1c1cccnc1C. The van der Waals surface area contributed by atoms with Gasteiger partial charge in [-0.1, -0.05) is 19.4 Å². The molecule has 1 atom stereocenters. The molecule has 0 aliphatic carbocycles. The van der Waals surface area contributed by atoms with Gasteiger partial charge in [0.1, 0.15) is 0 Å². The first kappa shape index (κ1) is 10.6. The van der Waals surface area contributed by atoms with Crippen molar-refractivity contribution in [3.63, 3.8) is 0 Å². The van der Waals surface area contributed by atoms with Gasteiger partial charge in [0, 0.05) is 17.9 Å². The minimum atomic E-state index is 0.609. The molecule has 2 nitrogen and oxygen atoms in total. The van der Waals surface area contributed by atoms with Crippen molar-refractivity contribution in [1.29, 1.82) is 0 Å². The fourth-order valence-corrected chi connectivity index (χ4v) is 2.57. The van der Waals surface area contributed by atoms with Gasteiger partial charge in [-0.15, -0.1) is 0 Å². The quantitative estimate of drug-likeness (QED) is 0.736. The summed E-state index contributed by atoms with van der Waals surface area (Å²) in [6, 6.07) is 4.91. The number of hydrogen-bond donors (Lipinski definition) is 0. The minimum absolute atomic E-state index is 0.609. The van der Waals surface area contributed by atoms with E-state index in [9.17, 15) is 0 Å². The van der Waals surface area contributed by atoms with Crippen LogP contribution in [0.15, 0.2) is 18.3 Å². The Hall–Kier alpha value is -0.890. The van der Waals surface area contributed by atoms with E-state index in [1.807, 2.05) is 6.20 Å². The number of hydrogen-bond acceptors (Lipinski definition) is 2. The van der Waals surface area contributed by atoms with Crippen molar-refractivity contribution < 1.29 is 0 Å². The number of pyridine rings is 1. The maximum Gasteiger partial charge on any atom is 0.0420 e. The molecule has 0 amide bonds. The van der Waals surface area contributed by atoms with E-state index < -0.39 is 0 Å². The van der Waals surface area contributed by atoms with Gasteiger partial charge in [-0.2, -0.15) is 0 Å². The molecule has 0 N–H and O–H groups in total. The molecule has 1 aromatic heterocycles. The molecule has 1 saturated heterocycles. The third-order valence-corrected chi connectivity index (χ3v) is 3.43. The number of aromatic nitrogens is 1. The Labute approximate surface area is 92.3 Å². The Kier molecular flexibility index (Phi) is 3.37. The third kappa shape index (κ3) is 2.20. The number of likely N-dealkylation sites (tertiary alicyclic amines) is 1. The fourth-order valence-electron chi connectivity index (χ4n) is 2.57. The summed E-state index contributed by atoms with van der Waals surface area (Å²) < 4.78 is 0. The Morgan fingerprint density at radius 3 is 3.07 bits per heavy atom. The molecule has 2 heteroatoms. The summed E-state index contributed by atoms with van der Waals surface area (Å²) in [6.45, 7) is 6.77. The minimum Gasteiger partial charge on any atom is -0.297 e. The number of piperidine rings is 1. The van der Waals surface area contributed by atoms with Gasteiger partial charge < -0.3 is 0 Å². The highest BCUT2D eigenvalue weighted by atomic mass is 15.2. The monoisotopic (exact) mass is 204 g/mol. The smallest absolute Gasteiger partial charge is 0.0420 e. The molecule has 1 unspecified atom stereocenters. The summed E-state index contributed by atoms with van der Waals surface area (Å²) in [7, 11) is 0. The van der Waals surface area contributed by atoms with Crippen molar-refractivity contribution in [1.82, 2.24) is 9.88 Å². The van der Waals surface area contributed by atoms with Crippen LogP contribution < -0.4 is 0 Å². The Morgan fingerprint density at radius 2 is 2.33 bits per heavy atom. The molecule has 1 aliphatic heterocycles. The highest BCUT2D eigenvalue weighted by molar-refractivity contribution is 5.23. The molecule has 0 saturated carbocycles. The Balaban J connectivity index is 2.24. The van der Waals surface area contributed by atoms with Crippen LogP contribution in [-0.4, -0.2) is 23.0 Å². The summed E-state index contributed by atoms with van der Waals surface area (Å²) in [4.78, 5) is 6.97. The van der Waals surface area contributed by atoms with E-state index in [4.69, 9.17) is 0 Å². The fraction of sp³-hybridized carbons (Fsp3) is 0.615. The van der Waals surface area contributed by atoms with E-state index in [1.54, 1.807) is 0 Å². The zero-order chi connectivity index (χ0) is 10.7. The van der Waals surface area contributed by atoms with Crippen LogP contribution >= 0.6 is 0 Å². The van der Waals surface area contributed by atoms with Gasteiger partial charge >= 0.3 is 0 Å². The predicted molar refractivity (Wildman–Crippen MR) is 62.8 cm³/mol. The topological polar surface area (TPSA) is 16.1 Å². The number of nitrogens with zero attached hydrogens (tertiary/aromatic N) is 2. The van der Waals surface area contributed by atoms with Crippen LogP contribution in [0.1, 0.15) is 43.5 Å². The summed E-state index contributed by atoms with van der Waals surface area (Å²) in [5.41, 5.74) is 2.63. The van der Waals surface area contributed by atoms with Gasteiger partial charge in [-0.05, 0) is 44.5 Å². The predicted octanol–water partition coefficient (Wildman–Crippen LogP) is 2.94. The van der Waals surface area contributed by atoms with E-state index >= 15 is 0 Å². The van der Waals surface area contributed by atoms with Crippen molar-refractivity contribution >= 4 is 0 Å². The summed E-state index contributed by atoms with van der Waals surface area (Å²) >= 11 is 0. The summed E-state index contributed by atoms with van der Waals surface area (Å²) in [6.07, 6.45) is 5.89. The van der Waals surface area contributed by atoms with Gasteiger partial charge in [0.2, 0.25) is 0 Å². The first-order valence-electron chi connectivity index (χ1n) is 5.98. The molecule has 1 aromatic rings. The Morgan fingerprint density at radius 1 is 1.47 bits per heavy atom. The second kappa shape index (κ2) is 4.75. The van der Waals surface area contributed by atoms with Crippen LogP contribution in [0.3, 0.4) is 0 Å². The van der Waals surface area contributed by atoms with Crippen molar-refractivity contribution in [3.8, 4) is 0 Å². The van der Waals surface area contributed by atoms with Crippen LogP contribution in [0, 0.1) is 6.92 Å². The molecule has 82 valence electrons. The van der Waals surface area contributed by atoms with E-state index in [-0.39, 0.29) is 0 Å². The maximum absolute atomic E-state index is 4.40. The highest BCUT2D eigenvalue weighted by Gasteiger charge is 2.23. The molecular formula is C13H20N2. The lowest BCUT2D eigenvalue weighted by Crippen LogP contribution is -2.33. The van der Waals surface area contributed by atoms with E-state index in [0.717, 1.165) is 6.54 Å². The van der Waals surface area contributed by atoms with Crippen LogP contribution in [0.2, 0.25) is 0 Å². The second-order valence-corrected chi connectivity index (χ2v) is 4.32. The van der Waals surface area contributed by atoms with Crippen LogP contribution in [0.25, 0.3) is 0 Å². The first-order chi connectivity index (χ1) is 7.33. The summed E-state index contributed by atoms with van der Waals surface area (Å²) in [5, 5.41) is 0. The van der Waals surface area contributed by atoms with Gasteiger partial charge in [-0.3, -0.25) is 9.88 Å². The number of aryl methyl sites for hydroxylation is 1. The largest absolute Gasteiger partial charge is 0.297 e. The lowest BCUT2D eigenvalue weighted by atomic mass is 9.94. The van der Waals surface area contributed by atoms with Gasteiger partial charge in [0.15, 0.2) is 0 Å². The zero-order valence-corrected chi connectivity index (χ0v) is 9.74. The van der Waals surface area contributed by atoms with Gasteiger partial charge in [0.05, 0.1) is 0 Å². The van der Waals surface area contributed by atoms with E-state index in [2.05, 4.69) is 35.9 Å². The standard InChI is InChI=1S/C13H20N2/c1-3-15-10-5-4-8-13(15)12-7-6-9-14-11(12)2/h6-7,9,13H,3-5,8,10H2,1-2H3. The number of rotatable bonds is 2. The summed E-state index contributed by atoms with van der Waals surface area (Å²) in [5.74, 6) is 0. The molecular weight excluding hydrogens is 184 g/mol. The lowest BCUT2D eigenvalue weighted by molar-refractivity contribution is 0.156. The van der Waals surface area contributed by atoms with Gasteiger partial charge in [0.25, 0.3) is 0 Å². The molecule has 0 aromatic carbocycles. The lowest BCUT2D eigenvalue weighted by Gasteiger charge is -2.35. The van der Waals surface area contributed by atoms with Crippen LogP contribution in [-0.2, 0) is 0 Å². The van der Waals surface area contributed by atoms with E-state index in [1.165, 1.54) is 37.1 Å². The van der Waals surface area contributed by atoms with Crippen LogP contribution in [0.5, 0.6) is 0 Å². The van der Waals surface area contributed by atoms with Crippen LogP contribution in [0.4, 0.5) is 0 Å². The molecule has 0 bridgehead atoms.